The predicted molar refractivity (Wildman–Crippen MR) is 80.5 cm³/mol. The predicted octanol–water partition coefficient (Wildman–Crippen LogP) is 3.52. The van der Waals surface area contributed by atoms with Gasteiger partial charge in [0.25, 0.3) is 5.69 Å². The smallest absolute Gasteiger partial charge is 0.273 e. The molecule has 20 heavy (non-hydrogen) atoms. The molecule has 0 saturated carbocycles. The van der Waals surface area contributed by atoms with E-state index in [4.69, 9.17) is 5.11 Å². The third-order valence-corrected chi connectivity index (χ3v) is 3.97. The van der Waals surface area contributed by atoms with Crippen LogP contribution in [0.15, 0.2) is 48.5 Å². The van der Waals surface area contributed by atoms with Crippen LogP contribution >= 0.6 is 11.8 Å². The number of benzene rings is 2. The first kappa shape index (κ1) is 14.6. The van der Waals surface area contributed by atoms with E-state index < -0.39 is 0 Å². The highest BCUT2D eigenvalue weighted by Crippen LogP contribution is 2.24. The van der Waals surface area contributed by atoms with Crippen molar-refractivity contribution in [2.75, 3.05) is 0 Å². The highest BCUT2D eigenvalue weighted by molar-refractivity contribution is 7.97. The van der Waals surface area contributed by atoms with E-state index in [1.807, 2.05) is 30.3 Å². The number of rotatable bonds is 6. The summed E-state index contributed by atoms with van der Waals surface area (Å²) in [6.45, 7) is 0.0453. The summed E-state index contributed by atoms with van der Waals surface area (Å²) in [6, 6.07) is 14.5. The van der Waals surface area contributed by atoms with Gasteiger partial charge in [-0.05, 0) is 11.1 Å². The number of aliphatic hydroxyl groups excluding tert-OH is 1. The van der Waals surface area contributed by atoms with Crippen molar-refractivity contribution in [1.82, 2.24) is 0 Å². The van der Waals surface area contributed by atoms with Gasteiger partial charge in [0.15, 0.2) is 0 Å². The molecule has 2 rings (SSSR count). The van der Waals surface area contributed by atoms with Gasteiger partial charge < -0.3 is 5.11 Å². The van der Waals surface area contributed by atoms with Gasteiger partial charge in [-0.2, -0.15) is 11.8 Å². The maximum atomic E-state index is 10.9. The number of hydrogen-bond acceptors (Lipinski definition) is 4. The van der Waals surface area contributed by atoms with Gasteiger partial charge in [-0.3, -0.25) is 10.1 Å². The fourth-order valence-electron chi connectivity index (χ4n) is 1.83. The average Bonchev–Trinajstić information content (AvgIpc) is 2.48. The molecule has 5 heteroatoms. The summed E-state index contributed by atoms with van der Waals surface area (Å²) < 4.78 is 0. The molecule has 0 aromatic heterocycles. The molecule has 0 radical (unpaired) electrons. The molecule has 4 nitrogen and oxygen atoms in total. The summed E-state index contributed by atoms with van der Waals surface area (Å²) in [5.74, 6) is 1.40. The van der Waals surface area contributed by atoms with E-state index in [1.54, 1.807) is 23.9 Å². The fourth-order valence-corrected chi connectivity index (χ4v) is 2.82. The summed E-state index contributed by atoms with van der Waals surface area (Å²) in [6.07, 6.45) is 0. The largest absolute Gasteiger partial charge is 0.392 e. The van der Waals surface area contributed by atoms with Crippen LogP contribution in [0.3, 0.4) is 0 Å². The van der Waals surface area contributed by atoms with Crippen LogP contribution in [0.1, 0.15) is 16.7 Å². The van der Waals surface area contributed by atoms with Gasteiger partial charge in [-0.1, -0.05) is 42.5 Å². The number of nitrogens with zero attached hydrogens (tertiary/aromatic N) is 1. The first-order valence-corrected chi connectivity index (χ1v) is 7.35. The van der Waals surface area contributed by atoms with E-state index >= 15 is 0 Å². The number of para-hydroxylation sites is 1. The molecule has 0 fully saturated rings. The van der Waals surface area contributed by atoms with Crippen molar-refractivity contribution in [2.24, 2.45) is 0 Å². The van der Waals surface area contributed by atoms with Crippen LogP contribution in [0.25, 0.3) is 0 Å². The van der Waals surface area contributed by atoms with E-state index in [0.29, 0.717) is 5.75 Å². The van der Waals surface area contributed by atoms with Gasteiger partial charge in [-0.15, -0.1) is 0 Å². The summed E-state index contributed by atoms with van der Waals surface area (Å²) in [5.41, 5.74) is 2.95. The monoisotopic (exact) mass is 289 g/mol. The topological polar surface area (TPSA) is 63.4 Å². The molecular weight excluding hydrogens is 274 g/mol. The molecule has 0 saturated heterocycles. The number of nitro groups is 1. The normalized spacial score (nSPS) is 10.4. The Morgan fingerprint density at radius 2 is 1.65 bits per heavy atom. The molecule has 104 valence electrons. The molecular formula is C15H15NO3S. The van der Waals surface area contributed by atoms with Gasteiger partial charge in [0.1, 0.15) is 0 Å². The van der Waals surface area contributed by atoms with Crippen LogP contribution in [0.4, 0.5) is 5.69 Å². The highest BCUT2D eigenvalue weighted by Gasteiger charge is 2.11. The van der Waals surface area contributed by atoms with Crippen molar-refractivity contribution in [3.63, 3.8) is 0 Å². The summed E-state index contributed by atoms with van der Waals surface area (Å²) in [7, 11) is 0. The second kappa shape index (κ2) is 7.07. The van der Waals surface area contributed by atoms with Crippen molar-refractivity contribution >= 4 is 17.4 Å². The highest BCUT2D eigenvalue weighted by atomic mass is 32.2. The molecule has 0 aliphatic rings. The zero-order valence-corrected chi connectivity index (χ0v) is 11.7. The minimum Gasteiger partial charge on any atom is -0.392 e. The van der Waals surface area contributed by atoms with Crippen molar-refractivity contribution in [3.05, 3.63) is 75.3 Å². The molecule has 0 heterocycles. The SMILES string of the molecule is O=[N+]([O-])c1ccccc1CSCc1ccc(CO)cc1. The zero-order chi connectivity index (χ0) is 14.4. The van der Waals surface area contributed by atoms with E-state index in [1.165, 1.54) is 6.07 Å². The van der Waals surface area contributed by atoms with Crippen LogP contribution in [0, 0.1) is 10.1 Å². The van der Waals surface area contributed by atoms with Crippen LogP contribution in [-0.4, -0.2) is 10.0 Å². The first-order valence-electron chi connectivity index (χ1n) is 6.19. The minimum atomic E-state index is -0.341. The summed E-state index contributed by atoms with van der Waals surface area (Å²) in [5, 5.41) is 19.9. The van der Waals surface area contributed by atoms with Crippen molar-refractivity contribution in [2.45, 2.75) is 18.1 Å². The standard InChI is InChI=1S/C15H15NO3S/c17-9-12-5-7-13(8-6-12)10-20-11-14-3-1-2-4-15(14)16(18)19/h1-8,17H,9-11H2. The Hall–Kier alpha value is -1.85. The number of hydrogen-bond donors (Lipinski definition) is 1. The Morgan fingerprint density at radius 1 is 1.00 bits per heavy atom. The quantitative estimate of drug-likeness (QED) is 0.653. The lowest BCUT2D eigenvalue weighted by atomic mass is 10.2. The van der Waals surface area contributed by atoms with Crippen molar-refractivity contribution in [1.29, 1.82) is 0 Å². The van der Waals surface area contributed by atoms with Crippen LogP contribution in [-0.2, 0) is 18.1 Å². The Kier molecular flexibility index (Phi) is 5.15. The van der Waals surface area contributed by atoms with Gasteiger partial charge in [0, 0.05) is 23.1 Å². The lowest BCUT2D eigenvalue weighted by Crippen LogP contribution is -1.94. The lowest BCUT2D eigenvalue weighted by molar-refractivity contribution is -0.385. The maximum absolute atomic E-state index is 10.9. The second-order valence-electron chi connectivity index (χ2n) is 4.35. The number of aliphatic hydroxyl groups is 1. The van der Waals surface area contributed by atoms with E-state index in [2.05, 4.69) is 0 Å². The maximum Gasteiger partial charge on any atom is 0.273 e. The molecule has 0 aliphatic carbocycles. The molecule has 2 aromatic rings. The lowest BCUT2D eigenvalue weighted by Gasteiger charge is -2.04. The minimum absolute atomic E-state index is 0.0453. The molecule has 0 spiro atoms. The Balaban J connectivity index is 1.94. The Bertz CT molecular complexity index is 584. The zero-order valence-electron chi connectivity index (χ0n) is 10.9. The van der Waals surface area contributed by atoms with E-state index in [-0.39, 0.29) is 17.2 Å². The molecule has 0 atom stereocenters. The molecule has 0 bridgehead atoms. The Morgan fingerprint density at radius 3 is 2.30 bits per heavy atom. The fraction of sp³-hybridized carbons (Fsp3) is 0.200. The van der Waals surface area contributed by atoms with Crippen LogP contribution in [0.2, 0.25) is 0 Å². The summed E-state index contributed by atoms with van der Waals surface area (Å²) in [4.78, 5) is 10.6. The third kappa shape index (κ3) is 3.82. The van der Waals surface area contributed by atoms with Gasteiger partial charge in [0.05, 0.1) is 11.5 Å². The Labute approximate surface area is 121 Å². The first-order chi connectivity index (χ1) is 9.70. The number of thioether (sulfide) groups is 1. The van der Waals surface area contributed by atoms with Crippen LogP contribution < -0.4 is 0 Å². The van der Waals surface area contributed by atoms with Crippen molar-refractivity contribution < 1.29 is 10.0 Å². The molecule has 1 N–H and O–H groups in total. The second-order valence-corrected chi connectivity index (χ2v) is 5.34. The van der Waals surface area contributed by atoms with Crippen molar-refractivity contribution in [3.8, 4) is 0 Å². The molecule has 0 amide bonds. The van der Waals surface area contributed by atoms with Crippen LogP contribution in [0.5, 0.6) is 0 Å². The molecule has 0 aliphatic heterocycles. The van der Waals surface area contributed by atoms with Gasteiger partial charge >= 0.3 is 0 Å². The third-order valence-electron chi connectivity index (χ3n) is 2.92. The molecule has 2 aromatic carbocycles. The van der Waals surface area contributed by atoms with Gasteiger partial charge in [-0.25, -0.2) is 0 Å². The molecule has 0 unspecified atom stereocenters. The number of nitro benzene ring substituents is 1. The van der Waals surface area contributed by atoms with Gasteiger partial charge in [0.2, 0.25) is 0 Å². The average molecular weight is 289 g/mol. The van der Waals surface area contributed by atoms with E-state index in [9.17, 15) is 10.1 Å². The van der Waals surface area contributed by atoms with E-state index in [0.717, 1.165) is 22.4 Å². The summed E-state index contributed by atoms with van der Waals surface area (Å²) >= 11 is 1.64.